The summed E-state index contributed by atoms with van der Waals surface area (Å²) in [6, 6.07) is 1.79. The van der Waals surface area contributed by atoms with Gasteiger partial charge in [-0.25, -0.2) is 0 Å². The van der Waals surface area contributed by atoms with Gasteiger partial charge in [0.25, 0.3) is 5.91 Å². The van der Waals surface area contributed by atoms with Crippen LogP contribution in [0.2, 0.25) is 0 Å². The average molecular weight is 358 g/mol. The molecule has 0 aliphatic rings. The van der Waals surface area contributed by atoms with Gasteiger partial charge >= 0.3 is 0 Å². The standard InChI is InChI=1S/C15H24BrN3O2/c1-5-6-19-9-12(16)7-13(19)15(21)18(4)10-14(20)17-8-11(2)3/h7,9,11H,5-6,8,10H2,1-4H3,(H,17,20). The van der Waals surface area contributed by atoms with E-state index in [2.05, 4.69) is 28.2 Å². The zero-order chi connectivity index (χ0) is 16.0. The Morgan fingerprint density at radius 3 is 2.67 bits per heavy atom. The predicted octanol–water partition coefficient (Wildman–Crippen LogP) is 2.50. The van der Waals surface area contributed by atoms with Gasteiger partial charge in [-0.1, -0.05) is 20.8 Å². The van der Waals surface area contributed by atoms with Gasteiger partial charge in [-0.3, -0.25) is 9.59 Å². The Balaban J connectivity index is 2.67. The number of hydrogen-bond acceptors (Lipinski definition) is 2. The topological polar surface area (TPSA) is 54.3 Å². The molecule has 1 heterocycles. The molecular weight excluding hydrogens is 334 g/mol. The number of halogens is 1. The molecule has 21 heavy (non-hydrogen) atoms. The van der Waals surface area contributed by atoms with E-state index < -0.39 is 0 Å². The van der Waals surface area contributed by atoms with Gasteiger partial charge in [0.1, 0.15) is 5.69 Å². The normalized spacial score (nSPS) is 10.8. The molecule has 0 fully saturated rings. The molecule has 0 saturated carbocycles. The van der Waals surface area contributed by atoms with Gasteiger partial charge in [0.15, 0.2) is 0 Å². The fraction of sp³-hybridized carbons (Fsp3) is 0.600. The summed E-state index contributed by atoms with van der Waals surface area (Å²) in [6.45, 7) is 7.60. The highest BCUT2D eigenvalue weighted by Gasteiger charge is 2.19. The summed E-state index contributed by atoms with van der Waals surface area (Å²) in [6.07, 6.45) is 2.84. The van der Waals surface area contributed by atoms with Crippen molar-refractivity contribution in [2.75, 3.05) is 20.1 Å². The first-order valence-corrected chi connectivity index (χ1v) is 8.02. The lowest BCUT2D eigenvalue weighted by Crippen LogP contribution is -2.40. The van der Waals surface area contributed by atoms with E-state index in [1.807, 2.05) is 24.6 Å². The molecule has 1 aromatic rings. The number of aryl methyl sites for hydroxylation is 1. The second-order valence-corrected chi connectivity index (χ2v) is 6.51. The van der Waals surface area contributed by atoms with Crippen LogP contribution in [0.4, 0.5) is 0 Å². The molecule has 0 unspecified atom stereocenters. The summed E-state index contributed by atoms with van der Waals surface area (Å²) < 4.78 is 2.78. The fourth-order valence-corrected chi connectivity index (χ4v) is 2.40. The summed E-state index contributed by atoms with van der Waals surface area (Å²) in [5.41, 5.74) is 0.600. The second-order valence-electron chi connectivity index (χ2n) is 5.60. The first-order chi connectivity index (χ1) is 9.85. The zero-order valence-corrected chi connectivity index (χ0v) is 14.7. The molecule has 6 heteroatoms. The number of rotatable bonds is 7. The third kappa shape index (κ3) is 5.53. The van der Waals surface area contributed by atoms with Crippen LogP contribution in [0.5, 0.6) is 0 Å². The quantitative estimate of drug-likeness (QED) is 0.814. The molecule has 118 valence electrons. The van der Waals surface area contributed by atoms with Crippen LogP contribution in [0.25, 0.3) is 0 Å². The van der Waals surface area contributed by atoms with E-state index in [0.29, 0.717) is 18.2 Å². The van der Waals surface area contributed by atoms with E-state index in [1.165, 1.54) is 4.90 Å². The molecule has 0 saturated heterocycles. The Hall–Kier alpha value is -1.30. The lowest BCUT2D eigenvalue weighted by Gasteiger charge is -2.18. The molecule has 1 rings (SSSR count). The smallest absolute Gasteiger partial charge is 0.270 e. The molecular formula is C15H24BrN3O2. The molecule has 0 spiro atoms. The first kappa shape index (κ1) is 17.8. The van der Waals surface area contributed by atoms with Gasteiger partial charge in [-0.2, -0.15) is 0 Å². The van der Waals surface area contributed by atoms with Crippen molar-refractivity contribution in [3.8, 4) is 0 Å². The van der Waals surface area contributed by atoms with Crippen molar-refractivity contribution in [1.29, 1.82) is 0 Å². The Morgan fingerprint density at radius 1 is 1.43 bits per heavy atom. The van der Waals surface area contributed by atoms with Crippen LogP contribution in [0.3, 0.4) is 0 Å². The van der Waals surface area contributed by atoms with Crippen LogP contribution < -0.4 is 5.32 Å². The summed E-state index contributed by atoms with van der Waals surface area (Å²) in [5, 5.41) is 2.82. The van der Waals surface area contributed by atoms with Crippen molar-refractivity contribution < 1.29 is 9.59 Å². The molecule has 0 aliphatic heterocycles. The lowest BCUT2D eigenvalue weighted by atomic mass is 10.2. The van der Waals surface area contributed by atoms with E-state index in [9.17, 15) is 9.59 Å². The highest BCUT2D eigenvalue weighted by atomic mass is 79.9. The van der Waals surface area contributed by atoms with Gasteiger partial charge < -0.3 is 14.8 Å². The molecule has 1 aromatic heterocycles. The molecule has 0 aromatic carbocycles. The highest BCUT2D eigenvalue weighted by molar-refractivity contribution is 9.10. The van der Waals surface area contributed by atoms with Gasteiger partial charge in [0.05, 0.1) is 6.54 Å². The Kier molecular flexibility index (Phi) is 6.95. The largest absolute Gasteiger partial charge is 0.354 e. The lowest BCUT2D eigenvalue weighted by molar-refractivity contribution is -0.121. The van der Waals surface area contributed by atoms with Crippen molar-refractivity contribution in [3.05, 3.63) is 22.4 Å². The van der Waals surface area contributed by atoms with E-state index in [-0.39, 0.29) is 18.4 Å². The molecule has 5 nitrogen and oxygen atoms in total. The van der Waals surface area contributed by atoms with Crippen LogP contribution >= 0.6 is 15.9 Å². The SMILES string of the molecule is CCCn1cc(Br)cc1C(=O)N(C)CC(=O)NCC(C)C. The van der Waals surface area contributed by atoms with Crippen LogP contribution in [0, 0.1) is 5.92 Å². The maximum absolute atomic E-state index is 12.4. The van der Waals surface area contributed by atoms with Gasteiger partial charge in [-0.15, -0.1) is 0 Å². The van der Waals surface area contributed by atoms with Crippen LogP contribution in [-0.4, -0.2) is 41.4 Å². The minimum atomic E-state index is -0.145. The Labute approximate surface area is 134 Å². The number of likely N-dealkylation sites (N-methyl/N-ethyl adjacent to an activating group) is 1. The monoisotopic (exact) mass is 357 g/mol. The van der Waals surface area contributed by atoms with Crippen LogP contribution in [0.15, 0.2) is 16.7 Å². The van der Waals surface area contributed by atoms with Crippen molar-refractivity contribution >= 4 is 27.7 Å². The number of hydrogen-bond donors (Lipinski definition) is 1. The molecule has 0 radical (unpaired) electrons. The Morgan fingerprint density at radius 2 is 2.10 bits per heavy atom. The predicted molar refractivity (Wildman–Crippen MR) is 87.2 cm³/mol. The number of nitrogens with one attached hydrogen (secondary N) is 1. The third-order valence-corrected chi connectivity index (χ3v) is 3.42. The van der Waals surface area contributed by atoms with Gasteiger partial charge in [0, 0.05) is 30.8 Å². The molecule has 0 atom stereocenters. The van der Waals surface area contributed by atoms with Crippen molar-refractivity contribution in [3.63, 3.8) is 0 Å². The first-order valence-electron chi connectivity index (χ1n) is 7.23. The number of nitrogens with zero attached hydrogens (tertiary/aromatic N) is 2. The summed E-state index contributed by atoms with van der Waals surface area (Å²) >= 11 is 3.39. The molecule has 0 aliphatic carbocycles. The minimum Gasteiger partial charge on any atom is -0.354 e. The highest BCUT2D eigenvalue weighted by Crippen LogP contribution is 2.17. The molecule has 2 amide bonds. The van der Waals surface area contributed by atoms with E-state index >= 15 is 0 Å². The van der Waals surface area contributed by atoms with E-state index in [4.69, 9.17) is 0 Å². The van der Waals surface area contributed by atoms with Crippen molar-refractivity contribution in [1.82, 2.24) is 14.8 Å². The van der Waals surface area contributed by atoms with Gasteiger partial charge in [-0.05, 0) is 34.3 Å². The maximum atomic E-state index is 12.4. The van der Waals surface area contributed by atoms with Crippen LogP contribution in [0.1, 0.15) is 37.7 Å². The van der Waals surface area contributed by atoms with Crippen LogP contribution in [-0.2, 0) is 11.3 Å². The third-order valence-electron chi connectivity index (χ3n) is 2.98. The number of amides is 2. The summed E-state index contributed by atoms with van der Waals surface area (Å²) in [5.74, 6) is 0.119. The summed E-state index contributed by atoms with van der Waals surface area (Å²) in [7, 11) is 1.65. The van der Waals surface area contributed by atoms with E-state index in [1.54, 1.807) is 13.1 Å². The zero-order valence-electron chi connectivity index (χ0n) is 13.1. The molecule has 0 bridgehead atoms. The fourth-order valence-electron chi connectivity index (χ4n) is 1.94. The maximum Gasteiger partial charge on any atom is 0.270 e. The number of carbonyl (C=O) groups is 2. The number of aromatic nitrogens is 1. The average Bonchev–Trinajstić information content (AvgIpc) is 2.76. The van der Waals surface area contributed by atoms with Crippen molar-refractivity contribution in [2.24, 2.45) is 5.92 Å². The minimum absolute atomic E-state index is 0.0699. The molecule has 1 N–H and O–H groups in total. The van der Waals surface area contributed by atoms with E-state index in [0.717, 1.165) is 17.4 Å². The Bertz CT molecular complexity index is 497. The second kappa shape index (κ2) is 8.22. The number of carbonyl (C=O) groups excluding carboxylic acids is 2. The van der Waals surface area contributed by atoms with Crippen molar-refractivity contribution in [2.45, 2.75) is 33.7 Å². The van der Waals surface area contributed by atoms with Gasteiger partial charge in [0.2, 0.25) is 5.91 Å². The summed E-state index contributed by atoms with van der Waals surface area (Å²) in [4.78, 5) is 25.7.